The zero-order valence-corrected chi connectivity index (χ0v) is 12.4. The van der Waals surface area contributed by atoms with Crippen molar-refractivity contribution in [1.82, 2.24) is 5.32 Å². The van der Waals surface area contributed by atoms with Crippen LogP contribution in [0.4, 0.5) is 4.39 Å². The molecule has 2 aliphatic rings. The minimum atomic E-state index is -0.262. The van der Waals surface area contributed by atoms with Crippen molar-refractivity contribution < 1.29 is 8.81 Å². The summed E-state index contributed by atoms with van der Waals surface area (Å²) in [5, 5.41) is 4.50. The number of hydrogen-bond donors (Lipinski definition) is 1. The van der Waals surface area contributed by atoms with E-state index in [-0.39, 0.29) is 11.9 Å². The molecule has 112 valence electrons. The van der Waals surface area contributed by atoms with Crippen molar-refractivity contribution in [3.05, 3.63) is 35.8 Å². The van der Waals surface area contributed by atoms with Crippen LogP contribution in [-0.4, -0.2) is 6.54 Å². The fourth-order valence-corrected chi connectivity index (χ4v) is 4.03. The van der Waals surface area contributed by atoms with Gasteiger partial charge in [-0.3, -0.25) is 0 Å². The highest BCUT2D eigenvalue weighted by atomic mass is 19.1. The molecular formula is C18H22FNO. The maximum Gasteiger partial charge on any atom is 0.169 e. The first-order chi connectivity index (χ1) is 10.3. The summed E-state index contributed by atoms with van der Waals surface area (Å²) in [4.78, 5) is 0. The molecule has 2 aromatic rings. The van der Waals surface area contributed by atoms with Gasteiger partial charge in [0, 0.05) is 5.39 Å². The van der Waals surface area contributed by atoms with E-state index in [1.807, 2.05) is 12.1 Å². The lowest BCUT2D eigenvalue weighted by atomic mass is 9.92. The quantitative estimate of drug-likeness (QED) is 0.865. The average Bonchev–Trinajstić information content (AvgIpc) is 2.90. The maximum atomic E-state index is 13.8. The van der Waals surface area contributed by atoms with Crippen molar-refractivity contribution in [1.29, 1.82) is 0 Å². The van der Waals surface area contributed by atoms with Crippen molar-refractivity contribution in [3.8, 4) is 0 Å². The Hall–Kier alpha value is -1.35. The number of hydrogen-bond acceptors (Lipinski definition) is 2. The van der Waals surface area contributed by atoms with E-state index >= 15 is 0 Å². The van der Waals surface area contributed by atoms with Crippen LogP contribution in [0.2, 0.25) is 0 Å². The lowest BCUT2D eigenvalue weighted by Gasteiger charge is -2.24. The monoisotopic (exact) mass is 287 g/mol. The molecule has 0 bridgehead atoms. The van der Waals surface area contributed by atoms with E-state index in [1.54, 1.807) is 6.07 Å². The fourth-order valence-electron chi connectivity index (χ4n) is 4.03. The summed E-state index contributed by atoms with van der Waals surface area (Å²) in [6, 6.07) is 7.40. The van der Waals surface area contributed by atoms with Crippen molar-refractivity contribution in [2.45, 2.75) is 38.6 Å². The third-order valence-electron chi connectivity index (χ3n) is 5.19. The molecule has 1 aromatic carbocycles. The van der Waals surface area contributed by atoms with Crippen LogP contribution in [0.15, 0.2) is 28.7 Å². The predicted molar refractivity (Wildman–Crippen MR) is 81.5 cm³/mol. The van der Waals surface area contributed by atoms with Crippen LogP contribution in [0.1, 0.15) is 44.4 Å². The largest absolute Gasteiger partial charge is 0.456 e. The molecule has 21 heavy (non-hydrogen) atoms. The van der Waals surface area contributed by atoms with Crippen molar-refractivity contribution in [2.24, 2.45) is 17.8 Å². The first kappa shape index (κ1) is 13.3. The molecule has 3 atom stereocenters. The predicted octanol–water partition coefficient (Wildman–Crippen LogP) is 4.66. The SMILES string of the molecule is CCCNC(c1cc2cccc(F)c2o1)C1CC2CC2C1. The van der Waals surface area contributed by atoms with Crippen LogP contribution >= 0.6 is 0 Å². The minimum absolute atomic E-state index is 0.240. The van der Waals surface area contributed by atoms with Crippen LogP contribution in [0.3, 0.4) is 0 Å². The van der Waals surface area contributed by atoms with E-state index in [9.17, 15) is 4.39 Å². The van der Waals surface area contributed by atoms with Crippen LogP contribution in [-0.2, 0) is 0 Å². The Bertz CT molecular complexity index is 640. The molecule has 0 aliphatic heterocycles. The number of furan rings is 1. The first-order valence-electron chi connectivity index (χ1n) is 8.17. The highest BCUT2D eigenvalue weighted by molar-refractivity contribution is 5.78. The Balaban J connectivity index is 1.65. The summed E-state index contributed by atoms with van der Waals surface area (Å²) >= 11 is 0. The summed E-state index contributed by atoms with van der Waals surface area (Å²) < 4.78 is 19.7. The molecule has 2 saturated carbocycles. The van der Waals surface area contributed by atoms with Gasteiger partial charge in [-0.15, -0.1) is 0 Å². The first-order valence-corrected chi connectivity index (χ1v) is 8.17. The topological polar surface area (TPSA) is 25.2 Å². The van der Waals surface area contributed by atoms with Gasteiger partial charge in [-0.05, 0) is 62.1 Å². The van der Waals surface area contributed by atoms with E-state index < -0.39 is 0 Å². The molecular weight excluding hydrogens is 265 g/mol. The third-order valence-corrected chi connectivity index (χ3v) is 5.19. The van der Waals surface area contributed by atoms with Gasteiger partial charge in [0.2, 0.25) is 0 Å². The van der Waals surface area contributed by atoms with Gasteiger partial charge < -0.3 is 9.73 Å². The lowest BCUT2D eigenvalue weighted by molar-refractivity contribution is 0.300. The molecule has 2 nitrogen and oxygen atoms in total. The second-order valence-electron chi connectivity index (χ2n) is 6.73. The summed E-state index contributed by atoms with van der Waals surface area (Å²) in [5.41, 5.74) is 0.402. The Morgan fingerprint density at radius 1 is 1.29 bits per heavy atom. The lowest BCUT2D eigenvalue weighted by Crippen LogP contribution is -2.28. The van der Waals surface area contributed by atoms with Gasteiger partial charge in [0.1, 0.15) is 5.76 Å². The van der Waals surface area contributed by atoms with Gasteiger partial charge in [0.25, 0.3) is 0 Å². The van der Waals surface area contributed by atoms with Crippen molar-refractivity contribution in [3.63, 3.8) is 0 Å². The van der Waals surface area contributed by atoms with E-state index in [0.717, 1.165) is 35.9 Å². The molecule has 3 heteroatoms. The van der Waals surface area contributed by atoms with Crippen molar-refractivity contribution >= 4 is 11.0 Å². The molecule has 1 aromatic heterocycles. The smallest absolute Gasteiger partial charge is 0.169 e. The molecule has 0 saturated heterocycles. The van der Waals surface area contributed by atoms with Crippen LogP contribution < -0.4 is 5.32 Å². The van der Waals surface area contributed by atoms with Gasteiger partial charge in [-0.1, -0.05) is 19.1 Å². The normalized spacial score (nSPS) is 28.8. The van der Waals surface area contributed by atoms with Crippen molar-refractivity contribution in [2.75, 3.05) is 6.54 Å². The number of benzene rings is 1. The van der Waals surface area contributed by atoms with E-state index in [1.165, 1.54) is 25.3 Å². The van der Waals surface area contributed by atoms with Gasteiger partial charge in [-0.2, -0.15) is 0 Å². The van der Waals surface area contributed by atoms with Gasteiger partial charge >= 0.3 is 0 Å². The summed E-state index contributed by atoms with van der Waals surface area (Å²) in [6.07, 6.45) is 5.12. The number of halogens is 1. The van der Waals surface area contributed by atoms with E-state index in [2.05, 4.69) is 12.2 Å². The Kier molecular flexibility index (Phi) is 3.26. The fraction of sp³-hybridized carbons (Fsp3) is 0.556. The van der Waals surface area contributed by atoms with Gasteiger partial charge in [-0.25, -0.2) is 4.39 Å². The van der Waals surface area contributed by atoms with Gasteiger partial charge in [0.15, 0.2) is 11.4 Å². The van der Waals surface area contributed by atoms with Crippen LogP contribution in [0, 0.1) is 23.6 Å². The van der Waals surface area contributed by atoms with Crippen LogP contribution in [0.25, 0.3) is 11.0 Å². The molecule has 2 aliphatic carbocycles. The highest BCUT2D eigenvalue weighted by Crippen LogP contribution is 2.57. The number of para-hydroxylation sites is 1. The van der Waals surface area contributed by atoms with Crippen LogP contribution in [0.5, 0.6) is 0 Å². The number of nitrogens with one attached hydrogen (secondary N) is 1. The second-order valence-corrected chi connectivity index (χ2v) is 6.73. The molecule has 0 radical (unpaired) electrons. The molecule has 0 spiro atoms. The summed E-state index contributed by atoms with van der Waals surface area (Å²) in [7, 11) is 0. The molecule has 1 heterocycles. The van der Waals surface area contributed by atoms with E-state index in [0.29, 0.717) is 11.5 Å². The molecule has 0 amide bonds. The Morgan fingerprint density at radius 2 is 2.10 bits per heavy atom. The standard InChI is InChI=1S/C18H22FNO/c1-2-6-20-17(14-8-12-7-13(12)9-14)16-10-11-4-3-5-15(19)18(11)21-16/h3-5,10,12-14,17,20H,2,6-9H2,1H3. The molecule has 1 N–H and O–H groups in total. The summed E-state index contributed by atoms with van der Waals surface area (Å²) in [5.74, 6) is 3.19. The van der Waals surface area contributed by atoms with Gasteiger partial charge in [0.05, 0.1) is 6.04 Å². The zero-order chi connectivity index (χ0) is 14.4. The highest BCUT2D eigenvalue weighted by Gasteiger charge is 2.48. The average molecular weight is 287 g/mol. The number of rotatable bonds is 5. The number of fused-ring (bicyclic) bond motifs is 2. The van der Waals surface area contributed by atoms with E-state index in [4.69, 9.17) is 4.42 Å². The Labute approximate surface area is 124 Å². The molecule has 4 rings (SSSR count). The molecule has 2 fully saturated rings. The second kappa shape index (κ2) is 5.13. The maximum absolute atomic E-state index is 13.8. The minimum Gasteiger partial charge on any atom is -0.456 e. The summed E-state index contributed by atoms with van der Waals surface area (Å²) in [6.45, 7) is 3.16. The molecule has 3 unspecified atom stereocenters. The third kappa shape index (κ3) is 2.38. The zero-order valence-electron chi connectivity index (χ0n) is 12.4. The Morgan fingerprint density at radius 3 is 2.81 bits per heavy atom.